The highest BCUT2D eigenvalue weighted by atomic mass is 35.5. The molecule has 2 rings (SSSR count). The van der Waals surface area contributed by atoms with Crippen molar-refractivity contribution in [1.29, 1.82) is 0 Å². The van der Waals surface area contributed by atoms with Crippen LogP contribution in [0.3, 0.4) is 0 Å². The largest absolute Gasteiger partial charge is 0.355 e. The number of sulfonamides is 1. The van der Waals surface area contributed by atoms with Crippen LogP contribution in [0.15, 0.2) is 53.4 Å². The van der Waals surface area contributed by atoms with Gasteiger partial charge in [-0.25, -0.2) is 13.1 Å². The number of amides is 1. The summed E-state index contributed by atoms with van der Waals surface area (Å²) < 4.78 is 26.4. The van der Waals surface area contributed by atoms with Crippen LogP contribution in [0.4, 0.5) is 0 Å². The number of halogens is 2. The van der Waals surface area contributed by atoms with Gasteiger partial charge < -0.3 is 5.32 Å². The van der Waals surface area contributed by atoms with E-state index in [9.17, 15) is 13.2 Å². The quantitative estimate of drug-likeness (QED) is 0.767. The summed E-state index contributed by atoms with van der Waals surface area (Å²) in [5, 5.41) is 3.41. The molecule has 0 heterocycles. The van der Waals surface area contributed by atoms with Gasteiger partial charge in [0.2, 0.25) is 15.9 Å². The zero-order valence-corrected chi connectivity index (χ0v) is 15.0. The smallest absolute Gasteiger partial charge is 0.242 e. The summed E-state index contributed by atoms with van der Waals surface area (Å²) in [5.74, 6) is -0.417. The Labute approximate surface area is 151 Å². The molecule has 0 bridgehead atoms. The molecule has 0 saturated carbocycles. The molecule has 2 N–H and O–H groups in total. The van der Waals surface area contributed by atoms with Crippen LogP contribution in [0.5, 0.6) is 0 Å². The van der Waals surface area contributed by atoms with E-state index in [0.717, 1.165) is 5.56 Å². The van der Waals surface area contributed by atoms with Crippen LogP contribution < -0.4 is 10.0 Å². The fourth-order valence-electron chi connectivity index (χ4n) is 1.96. The van der Waals surface area contributed by atoms with E-state index in [1.54, 1.807) is 24.3 Å². The zero-order chi connectivity index (χ0) is 17.6. The van der Waals surface area contributed by atoms with Crippen LogP contribution in [0.1, 0.15) is 5.56 Å². The standard InChI is InChI=1S/C16H16Cl2N2O3S/c17-13-7-5-12(6-8-13)9-10-19-16(21)11-20-24(22,23)15-4-2-1-3-14(15)18/h1-8,20H,9-11H2,(H,19,21). The average molecular weight is 387 g/mol. The van der Waals surface area contributed by atoms with Gasteiger partial charge in [-0.1, -0.05) is 47.5 Å². The van der Waals surface area contributed by atoms with Gasteiger partial charge in [-0.05, 0) is 36.2 Å². The van der Waals surface area contributed by atoms with Crippen LogP contribution >= 0.6 is 23.2 Å². The Kier molecular flexibility index (Phi) is 6.62. The van der Waals surface area contributed by atoms with Gasteiger partial charge in [0.15, 0.2) is 0 Å². The molecule has 0 aliphatic rings. The lowest BCUT2D eigenvalue weighted by molar-refractivity contribution is -0.119. The van der Waals surface area contributed by atoms with Crippen molar-refractivity contribution in [3.63, 3.8) is 0 Å². The maximum atomic E-state index is 12.1. The van der Waals surface area contributed by atoms with Gasteiger partial charge >= 0.3 is 0 Å². The van der Waals surface area contributed by atoms with Gasteiger partial charge in [-0.2, -0.15) is 0 Å². The summed E-state index contributed by atoms with van der Waals surface area (Å²) in [7, 11) is -3.83. The summed E-state index contributed by atoms with van der Waals surface area (Å²) in [5.41, 5.74) is 1.02. The molecule has 0 aromatic heterocycles. The van der Waals surface area contributed by atoms with Gasteiger partial charge in [-0.15, -0.1) is 0 Å². The normalized spacial score (nSPS) is 11.2. The lowest BCUT2D eigenvalue weighted by Crippen LogP contribution is -2.37. The van der Waals surface area contributed by atoms with Crippen molar-refractivity contribution in [2.75, 3.05) is 13.1 Å². The van der Waals surface area contributed by atoms with Crippen molar-refractivity contribution in [3.05, 3.63) is 64.1 Å². The van der Waals surface area contributed by atoms with E-state index >= 15 is 0 Å². The van der Waals surface area contributed by atoms with Crippen LogP contribution in [-0.4, -0.2) is 27.4 Å². The van der Waals surface area contributed by atoms with Gasteiger partial charge in [0.1, 0.15) is 4.90 Å². The Balaban J connectivity index is 1.80. The topological polar surface area (TPSA) is 75.3 Å². The number of rotatable bonds is 7. The Morgan fingerprint density at radius 1 is 1.00 bits per heavy atom. The molecule has 0 fully saturated rings. The first-order chi connectivity index (χ1) is 11.4. The predicted molar refractivity (Wildman–Crippen MR) is 94.8 cm³/mol. The number of hydrogen-bond donors (Lipinski definition) is 2. The van der Waals surface area contributed by atoms with Crippen LogP contribution in [0.2, 0.25) is 10.0 Å². The Morgan fingerprint density at radius 3 is 2.33 bits per heavy atom. The molecule has 2 aromatic carbocycles. The Morgan fingerprint density at radius 2 is 1.67 bits per heavy atom. The minimum Gasteiger partial charge on any atom is -0.355 e. The molecule has 0 atom stereocenters. The molecule has 0 saturated heterocycles. The highest BCUT2D eigenvalue weighted by Gasteiger charge is 2.18. The maximum Gasteiger partial charge on any atom is 0.242 e. The molecule has 24 heavy (non-hydrogen) atoms. The fourth-order valence-corrected chi connectivity index (χ4v) is 3.59. The molecule has 0 spiro atoms. The molecular formula is C16H16Cl2N2O3S. The van der Waals surface area contributed by atoms with Crippen molar-refractivity contribution < 1.29 is 13.2 Å². The Bertz CT molecular complexity index is 808. The highest BCUT2D eigenvalue weighted by molar-refractivity contribution is 7.89. The van der Waals surface area contributed by atoms with Gasteiger partial charge in [0.25, 0.3) is 0 Å². The second-order valence-corrected chi connectivity index (χ2v) is 7.56. The van der Waals surface area contributed by atoms with Crippen molar-refractivity contribution in [1.82, 2.24) is 10.0 Å². The molecular weight excluding hydrogens is 371 g/mol. The second kappa shape index (κ2) is 8.48. The zero-order valence-electron chi connectivity index (χ0n) is 12.6. The van der Waals surface area contributed by atoms with E-state index in [1.165, 1.54) is 12.1 Å². The van der Waals surface area contributed by atoms with Crippen LogP contribution in [-0.2, 0) is 21.2 Å². The number of benzene rings is 2. The van der Waals surface area contributed by atoms with E-state index in [0.29, 0.717) is 18.0 Å². The van der Waals surface area contributed by atoms with E-state index in [4.69, 9.17) is 23.2 Å². The maximum absolute atomic E-state index is 12.1. The minimum absolute atomic E-state index is 0.0550. The molecule has 2 aromatic rings. The Hall–Kier alpha value is -1.60. The number of carbonyl (C=O) groups excluding carboxylic acids is 1. The molecule has 0 radical (unpaired) electrons. The average Bonchev–Trinajstić information content (AvgIpc) is 2.55. The molecule has 0 aliphatic heterocycles. The van der Waals surface area contributed by atoms with Crippen LogP contribution in [0.25, 0.3) is 0 Å². The molecule has 8 heteroatoms. The lowest BCUT2D eigenvalue weighted by atomic mass is 10.1. The van der Waals surface area contributed by atoms with E-state index < -0.39 is 15.9 Å². The van der Waals surface area contributed by atoms with Gasteiger partial charge in [0.05, 0.1) is 11.6 Å². The predicted octanol–water partition coefficient (Wildman–Crippen LogP) is 2.63. The third-order valence-electron chi connectivity index (χ3n) is 3.20. The fraction of sp³-hybridized carbons (Fsp3) is 0.188. The number of nitrogens with one attached hydrogen (secondary N) is 2. The summed E-state index contributed by atoms with van der Waals surface area (Å²) >= 11 is 11.7. The first-order valence-electron chi connectivity index (χ1n) is 7.14. The van der Waals surface area contributed by atoms with E-state index in [-0.39, 0.29) is 16.5 Å². The first kappa shape index (κ1) is 18.7. The van der Waals surface area contributed by atoms with Crippen molar-refractivity contribution in [3.8, 4) is 0 Å². The summed E-state index contributed by atoms with van der Waals surface area (Å²) in [4.78, 5) is 11.7. The van der Waals surface area contributed by atoms with Crippen molar-refractivity contribution in [2.24, 2.45) is 0 Å². The van der Waals surface area contributed by atoms with Gasteiger partial charge in [0, 0.05) is 11.6 Å². The molecule has 0 unspecified atom stereocenters. The van der Waals surface area contributed by atoms with Crippen LogP contribution in [0, 0.1) is 0 Å². The molecule has 0 aliphatic carbocycles. The highest BCUT2D eigenvalue weighted by Crippen LogP contribution is 2.19. The molecule has 128 valence electrons. The number of carbonyl (C=O) groups is 1. The van der Waals surface area contributed by atoms with Crippen molar-refractivity contribution >= 4 is 39.1 Å². The van der Waals surface area contributed by atoms with E-state index in [1.807, 2.05) is 12.1 Å². The lowest BCUT2D eigenvalue weighted by Gasteiger charge is -2.09. The summed E-state index contributed by atoms with van der Waals surface area (Å²) in [6.45, 7) is 0.0441. The van der Waals surface area contributed by atoms with Gasteiger partial charge in [-0.3, -0.25) is 4.79 Å². The van der Waals surface area contributed by atoms with E-state index in [2.05, 4.69) is 10.0 Å². The summed E-state index contributed by atoms with van der Waals surface area (Å²) in [6, 6.07) is 13.3. The monoisotopic (exact) mass is 386 g/mol. The molecule has 5 nitrogen and oxygen atoms in total. The summed E-state index contributed by atoms with van der Waals surface area (Å²) in [6.07, 6.45) is 0.625. The third-order valence-corrected chi connectivity index (χ3v) is 5.35. The SMILES string of the molecule is O=C(CNS(=O)(=O)c1ccccc1Cl)NCCc1ccc(Cl)cc1. The third kappa shape index (κ3) is 5.49. The molecule has 1 amide bonds. The number of hydrogen-bond acceptors (Lipinski definition) is 3. The second-order valence-electron chi connectivity index (χ2n) is 4.98. The van der Waals surface area contributed by atoms with Crippen molar-refractivity contribution in [2.45, 2.75) is 11.3 Å². The first-order valence-corrected chi connectivity index (χ1v) is 9.38. The minimum atomic E-state index is -3.83.